The van der Waals surface area contributed by atoms with Crippen LogP contribution in [-0.2, 0) is 11.3 Å². The van der Waals surface area contributed by atoms with Gasteiger partial charge in [0.25, 0.3) is 5.91 Å². The third kappa shape index (κ3) is 3.99. The van der Waals surface area contributed by atoms with E-state index < -0.39 is 17.7 Å². The molecule has 6 nitrogen and oxygen atoms in total. The summed E-state index contributed by atoms with van der Waals surface area (Å²) in [6, 6.07) is 8.47. The first-order valence-electron chi connectivity index (χ1n) is 9.90. The molecule has 158 valence electrons. The van der Waals surface area contributed by atoms with E-state index in [0.29, 0.717) is 45.4 Å². The van der Waals surface area contributed by atoms with Crippen LogP contribution in [0.2, 0.25) is 0 Å². The molecule has 1 aromatic carbocycles. The quantitative estimate of drug-likeness (QED) is 0.721. The third-order valence-corrected chi connectivity index (χ3v) is 6.10. The van der Waals surface area contributed by atoms with Gasteiger partial charge in [-0.25, -0.2) is 9.37 Å². The summed E-state index contributed by atoms with van der Waals surface area (Å²) in [5.74, 6) is -1.38. The van der Waals surface area contributed by atoms with Crippen LogP contribution in [0.15, 0.2) is 36.5 Å². The minimum Gasteiger partial charge on any atom is -0.497 e. The summed E-state index contributed by atoms with van der Waals surface area (Å²) in [6.07, 6.45) is 2.47. The zero-order valence-corrected chi connectivity index (χ0v) is 16.7. The molecule has 0 radical (unpaired) electrons. The number of ether oxygens (including phenoxy) is 1. The molecule has 30 heavy (non-hydrogen) atoms. The number of methoxy groups -OCH3 is 1. The summed E-state index contributed by atoms with van der Waals surface area (Å²) >= 11 is 0. The molecule has 0 aliphatic carbocycles. The highest BCUT2D eigenvalue weighted by atomic mass is 19.1. The number of halogens is 2. The fraction of sp³-hybridized carbons (Fsp3) is 0.409. The van der Waals surface area contributed by atoms with E-state index in [1.54, 1.807) is 7.11 Å². The Kier molecular flexibility index (Phi) is 5.40. The lowest BCUT2D eigenvalue weighted by Gasteiger charge is -2.38. The van der Waals surface area contributed by atoms with Gasteiger partial charge in [0.1, 0.15) is 5.75 Å². The Morgan fingerprint density at radius 2 is 1.90 bits per heavy atom. The second-order valence-electron chi connectivity index (χ2n) is 8.05. The maximum Gasteiger partial charge on any atom is 0.257 e. The number of carbonyl (C=O) groups excluding carboxylic acids is 2. The molecule has 0 N–H and O–H groups in total. The molecule has 0 unspecified atom stereocenters. The second-order valence-corrected chi connectivity index (χ2v) is 8.05. The first-order chi connectivity index (χ1) is 14.4. The largest absolute Gasteiger partial charge is 0.497 e. The first-order valence-corrected chi connectivity index (χ1v) is 9.90. The van der Waals surface area contributed by atoms with E-state index in [9.17, 15) is 18.4 Å². The molecule has 1 spiro atoms. The van der Waals surface area contributed by atoms with Crippen molar-refractivity contribution in [2.24, 2.45) is 5.41 Å². The van der Waals surface area contributed by atoms with Crippen LogP contribution in [0, 0.1) is 17.2 Å². The molecule has 0 atom stereocenters. The molecule has 0 bridgehead atoms. The Hall–Kier alpha value is -3.03. The van der Waals surface area contributed by atoms with Crippen LogP contribution in [0.25, 0.3) is 0 Å². The molecule has 4 rings (SSSR count). The lowest BCUT2D eigenvalue weighted by atomic mass is 9.77. The fourth-order valence-corrected chi connectivity index (χ4v) is 4.34. The average molecular weight is 415 g/mol. The second kappa shape index (κ2) is 8.01. The van der Waals surface area contributed by atoms with E-state index in [2.05, 4.69) is 4.98 Å². The van der Waals surface area contributed by atoms with E-state index in [4.69, 9.17) is 4.74 Å². The molecule has 1 aromatic heterocycles. The number of carbonyl (C=O) groups is 2. The number of aromatic nitrogens is 1. The fourth-order valence-electron chi connectivity index (χ4n) is 4.34. The van der Waals surface area contributed by atoms with Crippen molar-refractivity contribution in [1.82, 2.24) is 14.8 Å². The standard InChI is InChI=1S/C22H23F2N3O3/c1-30-16-4-2-15(3-5-16)13-27-14-22(11-20(27)28)6-8-26(9-7-22)21(29)17-10-19(24)25-12-18(17)23/h2-5,10,12H,6-9,11,13-14H2,1H3. The monoisotopic (exact) mass is 415 g/mol. The van der Waals surface area contributed by atoms with E-state index in [1.807, 2.05) is 29.2 Å². The lowest BCUT2D eigenvalue weighted by molar-refractivity contribution is -0.128. The van der Waals surface area contributed by atoms with Crippen molar-refractivity contribution in [2.45, 2.75) is 25.8 Å². The minimum absolute atomic E-state index is 0.104. The van der Waals surface area contributed by atoms with E-state index in [0.717, 1.165) is 23.6 Å². The number of piperidine rings is 1. The van der Waals surface area contributed by atoms with Gasteiger partial charge < -0.3 is 14.5 Å². The highest BCUT2D eigenvalue weighted by Crippen LogP contribution is 2.41. The normalized spacial score (nSPS) is 18.2. The van der Waals surface area contributed by atoms with Crippen LogP contribution >= 0.6 is 0 Å². The zero-order valence-electron chi connectivity index (χ0n) is 16.7. The van der Waals surface area contributed by atoms with E-state index >= 15 is 0 Å². The smallest absolute Gasteiger partial charge is 0.257 e. The summed E-state index contributed by atoms with van der Waals surface area (Å²) in [6.45, 7) is 1.99. The van der Waals surface area contributed by atoms with E-state index in [-0.39, 0.29) is 16.9 Å². The predicted molar refractivity (Wildman–Crippen MR) is 105 cm³/mol. The SMILES string of the molecule is COc1ccc(CN2CC3(CCN(C(=O)c4cc(F)ncc4F)CC3)CC2=O)cc1. The van der Waals surface area contributed by atoms with Crippen molar-refractivity contribution >= 4 is 11.8 Å². The molecule has 0 saturated carbocycles. The van der Waals surface area contributed by atoms with Gasteiger partial charge in [0.2, 0.25) is 11.9 Å². The number of rotatable bonds is 4. The van der Waals surface area contributed by atoms with Crippen LogP contribution in [-0.4, -0.2) is 53.3 Å². The van der Waals surface area contributed by atoms with Crippen molar-refractivity contribution in [3.63, 3.8) is 0 Å². The summed E-state index contributed by atoms with van der Waals surface area (Å²) in [5.41, 5.74) is 0.550. The number of likely N-dealkylation sites (tertiary alicyclic amines) is 2. The Morgan fingerprint density at radius 3 is 2.57 bits per heavy atom. The minimum atomic E-state index is -0.885. The number of nitrogens with zero attached hydrogens (tertiary/aromatic N) is 3. The van der Waals surface area contributed by atoms with Crippen molar-refractivity contribution in [3.8, 4) is 5.75 Å². The highest BCUT2D eigenvalue weighted by molar-refractivity contribution is 5.94. The lowest BCUT2D eigenvalue weighted by Crippen LogP contribution is -2.44. The van der Waals surface area contributed by atoms with Crippen LogP contribution < -0.4 is 4.74 Å². The predicted octanol–water partition coefficient (Wildman–Crippen LogP) is 3.02. The first kappa shape index (κ1) is 20.3. The number of hydrogen-bond donors (Lipinski definition) is 0. The molecule has 8 heteroatoms. The summed E-state index contributed by atoms with van der Waals surface area (Å²) in [4.78, 5) is 31.8. The number of hydrogen-bond acceptors (Lipinski definition) is 4. The molecular weight excluding hydrogens is 392 g/mol. The maximum absolute atomic E-state index is 13.9. The number of amides is 2. The average Bonchev–Trinajstić information content (AvgIpc) is 3.04. The van der Waals surface area contributed by atoms with Gasteiger partial charge >= 0.3 is 0 Å². The Balaban J connectivity index is 1.38. The molecule has 2 saturated heterocycles. The Bertz CT molecular complexity index is 957. The van der Waals surface area contributed by atoms with Crippen LogP contribution in [0.5, 0.6) is 5.75 Å². The van der Waals surface area contributed by atoms with Crippen molar-refractivity contribution in [3.05, 3.63) is 59.4 Å². The van der Waals surface area contributed by atoms with Crippen LogP contribution in [0.3, 0.4) is 0 Å². The third-order valence-electron chi connectivity index (χ3n) is 6.10. The van der Waals surface area contributed by atoms with Crippen molar-refractivity contribution < 1.29 is 23.1 Å². The molecule has 2 fully saturated rings. The summed E-state index contributed by atoms with van der Waals surface area (Å²) in [5, 5.41) is 0. The van der Waals surface area contributed by atoms with E-state index in [1.165, 1.54) is 4.90 Å². The van der Waals surface area contributed by atoms with Gasteiger partial charge in [-0.15, -0.1) is 0 Å². The topological polar surface area (TPSA) is 62.7 Å². The van der Waals surface area contributed by atoms with Gasteiger partial charge in [0.15, 0.2) is 5.82 Å². The van der Waals surface area contributed by atoms with Gasteiger partial charge in [-0.2, -0.15) is 4.39 Å². The van der Waals surface area contributed by atoms with Crippen LogP contribution in [0.1, 0.15) is 35.2 Å². The Labute approximate surface area is 173 Å². The van der Waals surface area contributed by atoms with Crippen molar-refractivity contribution in [1.29, 1.82) is 0 Å². The number of pyridine rings is 1. The Morgan fingerprint density at radius 1 is 1.20 bits per heavy atom. The summed E-state index contributed by atoms with van der Waals surface area (Å²) in [7, 11) is 1.61. The molecule has 2 amide bonds. The number of benzene rings is 1. The van der Waals surface area contributed by atoms with Gasteiger partial charge in [0.05, 0.1) is 18.9 Å². The van der Waals surface area contributed by atoms with Gasteiger partial charge in [0, 0.05) is 44.1 Å². The van der Waals surface area contributed by atoms with Gasteiger partial charge in [-0.3, -0.25) is 9.59 Å². The highest BCUT2D eigenvalue weighted by Gasteiger charge is 2.45. The van der Waals surface area contributed by atoms with Gasteiger partial charge in [-0.1, -0.05) is 12.1 Å². The molecule has 3 heterocycles. The van der Waals surface area contributed by atoms with Gasteiger partial charge in [-0.05, 0) is 30.5 Å². The summed E-state index contributed by atoms with van der Waals surface area (Å²) < 4.78 is 32.4. The molecular formula is C22H23F2N3O3. The van der Waals surface area contributed by atoms with Crippen LogP contribution in [0.4, 0.5) is 8.78 Å². The molecule has 2 aliphatic heterocycles. The van der Waals surface area contributed by atoms with Crippen molar-refractivity contribution in [2.75, 3.05) is 26.7 Å². The zero-order chi connectivity index (χ0) is 21.3. The molecule has 2 aromatic rings. The maximum atomic E-state index is 13.9. The molecule has 2 aliphatic rings.